The third-order valence-corrected chi connectivity index (χ3v) is 2.36. The van der Waals surface area contributed by atoms with Crippen molar-refractivity contribution >= 4 is 23.8 Å². The van der Waals surface area contributed by atoms with Gasteiger partial charge in [0.25, 0.3) is 5.91 Å². The Morgan fingerprint density at radius 1 is 1.14 bits per heavy atom. The molecular weight excluding hydrogens is 282 g/mol. The Bertz CT molecular complexity index is 564. The minimum absolute atomic E-state index is 0.113. The van der Waals surface area contributed by atoms with Crippen molar-refractivity contribution in [1.29, 1.82) is 0 Å². The normalized spacial score (nSPS) is 11.3. The molecule has 0 spiro atoms. The zero-order chi connectivity index (χ0) is 16.0. The second-order valence-corrected chi connectivity index (χ2v) is 4.08. The van der Waals surface area contributed by atoms with E-state index in [1.165, 1.54) is 31.2 Å². The lowest BCUT2D eigenvalue weighted by molar-refractivity contribution is -0.145. The van der Waals surface area contributed by atoms with Crippen LogP contribution in [0.2, 0.25) is 0 Å². The van der Waals surface area contributed by atoms with Crippen LogP contribution >= 0.6 is 0 Å². The Hall–Kier alpha value is -2.90. The smallest absolute Gasteiger partial charge is 0.326 e. The molecule has 8 nitrogen and oxygen atoms in total. The van der Waals surface area contributed by atoms with Crippen molar-refractivity contribution in [3.63, 3.8) is 0 Å². The van der Waals surface area contributed by atoms with E-state index in [-0.39, 0.29) is 11.3 Å². The lowest BCUT2D eigenvalue weighted by Crippen LogP contribution is -2.42. The monoisotopic (exact) mass is 295 g/mol. The van der Waals surface area contributed by atoms with E-state index < -0.39 is 36.3 Å². The molecule has 1 aromatic rings. The van der Waals surface area contributed by atoms with Crippen molar-refractivity contribution < 1.29 is 34.1 Å². The van der Waals surface area contributed by atoms with Crippen molar-refractivity contribution in [3.8, 4) is 5.75 Å². The van der Waals surface area contributed by atoms with Gasteiger partial charge in [-0.15, -0.1) is 0 Å². The predicted molar refractivity (Wildman–Crippen MR) is 68.9 cm³/mol. The van der Waals surface area contributed by atoms with Crippen LogP contribution in [0.1, 0.15) is 23.7 Å². The number of carbonyl (C=O) groups is 4. The highest BCUT2D eigenvalue weighted by atomic mass is 16.5. The van der Waals surface area contributed by atoms with Crippen LogP contribution in [0.25, 0.3) is 0 Å². The van der Waals surface area contributed by atoms with Crippen molar-refractivity contribution in [1.82, 2.24) is 5.32 Å². The maximum absolute atomic E-state index is 11.8. The molecule has 1 aromatic carbocycles. The van der Waals surface area contributed by atoms with Gasteiger partial charge in [0.2, 0.25) is 0 Å². The molecule has 0 fully saturated rings. The lowest BCUT2D eigenvalue weighted by Gasteiger charge is -2.12. The molecule has 0 aromatic heterocycles. The molecule has 0 saturated carbocycles. The van der Waals surface area contributed by atoms with E-state index in [0.717, 1.165) is 0 Å². The number of carboxylic acid groups (broad SMARTS) is 2. The molecule has 8 heteroatoms. The summed E-state index contributed by atoms with van der Waals surface area (Å²) in [4.78, 5) is 43.9. The number of hydrogen-bond donors (Lipinski definition) is 3. The van der Waals surface area contributed by atoms with E-state index in [2.05, 4.69) is 5.32 Å². The van der Waals surface area contributed by atoms with Crippen LogP contribution in [0.3, 0.4) is 0 Å². The van der Waals surface area contributed by atoms with Gasteiger partial charge in [-0.05, 0) is 24.3 Å². The number of benzene rings is 1. The van der Waals surface area contributed by atoms with Gasteiger partial charge in [-0.3, -0.25) is 14.4 Å². The summed E-state index contributed by atoms with van der Waals surface area (Å²) in [7, 11) is 0. The quantitative estimate of drug-likeness (QED) is 0.507. The Labute approximate surface area is 119 Å². The van der Waals surface area contributed by atoms with Gasteiger partial charge in [-0.2, -0.15) is 0 Å². The van der Waals surface area contributed by atoms with Crippen LogP contribution < -0.4 is 10.1 Å². The number of carboxylic acids is 2. The molecule has 0 bridgehead atoms. The molecule has 0 radical (unpaired) electrons. The standard InChI is InChI=1S/C13H13NO7/c1-7(15)21-9-4-2-8(3-5-9)12(18)14-10(13(19)20)6-11(16)17/h2-5,10H,6H2,1H3,(H,14,18)(H,16,17)(H,19,20)/t10-/m0/s1. The largest absolute Gasteiger partial charge is 0.481 e. The van der Waals surface area contributed by atoms with Gasteiger partial charge in [0, 0.05) is 12.5 Å². The van der Waals surface area contributed by atoms with E-state index in [1.807, 2.05) is 0 Å². The lowest BCUT2D eigenvalue weighted by atomic mass is 10.1. The summed E-state index contributed by atoms with van der Waals surface area (Å²) in [6, 6.07) is 3.86. The molecule has 0 aliphatic carbocycles. The first-order valence-corrected chi connectivity index (χ1v) is 5.83. The van der Waals surface area contributed by atoms with Crippen LogP contribution in [0.5, 0.6) is 5.75 Å². The van der Waals surface area contributed by atoms with E-state index in [0.29, 0.717) is 0 Å². The summed E-state index contributed by atoms with van der Waals surface area (Å²) in [5, 5.41) is 19.5. The molecule has 0 unspecified atom stereocenters. The molecule has 0 heterocycles. The number of esters is 1. The Morgan fingerprint density at radius 3 is 2.14 bits per heavy atom. The number of nitrogens with one attached hydrogen (secondary N) is 1. The van der Waals surface area contributed by atoms with Gasteiger partial charge in [0.05, 0.1) is 6.42 Å². The zero-order valence-corrected chi connectivity index (χ0v) is 11.0. The van der Waals surface area contributed by atoms with Gasteiger partial charge in [-0.1, -0.05) is 0 Å². The summed E-state index contributed by atoms with van der Waals surface area (Å²) in [6.45, 7) is 1.23. The second-order valence-electron chi connectivity index (χ2n) is 4.08. The maximum Gasteiger partial charge on any atom is 0.326 e. The number of carbonyl (C=O) groups excluding carboxylic acids is 2. The molecule has 0 aliphatic heterocycles. The van der Waals surface area contributed by atoms with Gasteiger partial charge in [0.1, 0.15) is 11.8 Å². The predicted octanol–water partition coefficient (Wildman–Crippen LogP) is 0.270. The van der Waals surface area contributed by atoms with E-state index >= 15 is 0 Å². The third-order valence-electron chi connectivity index (χ3n) is 2.36. The summed E-state index contributed by atoms with van der Waals surface area (Å²) in [6.07, 6.45) is -0.730. The molecule has 1 atom stereocenters. The fourth-order valence-corrected chi connectivity index (χ4v) is 1.46. The number of rotatable bonds is 6. The van der Waals surface area contributed by atoms with E-state index in [9.17, 15) is 19.2 Å². The SMILES string of the molecule is CC(=O)Oc1ccc(C(=O)N[C@@H](CC(=O)O)C(=O)O)cc1. The highest BCUT2D eigenvalue weighted by Crippen LogP contribution is 2.12. The van der Waals surface area contributed by atoms with Crippen LogP contribution in [-0.4, -0.2) is 40.1 Å². The van der Waals surface area contributed by atoms with Crippen molar-refractivity contribution in [2.24, 2.45) is 0 Å². The van der Waals surface area contributed by atoms with Gasteiger partial charge >= 0.3 is 17.9 Å². The van der Waals surface area contributed by atoms with Gasteiger partial charge < -0.3 is 20.3 Å². The zero-order valence-electron chi connectivity index (χ0n) is 11.0. The molecule has 0 saturated heterocycles. The maximum atomic E-state index is 11.8. The third kappa shape index (κ3) is 5.31. The first-order valence-electron chi connectivity index (χ1n) is 5.83. The van der Waals surface area contributed by atoms with E-state index in [4.69, 9.17) is 14.9 Å². The van der Waals surface area contributed by atoms with E-state index in [1.54, 1.807) is 0 Å². The minimum Gasteiger partial charge on any atom is -0.481 e. The molecule has 3 N–H and O–H groups in total. The number of aliphatic carboxylic acids is 2. The molecule has 1 amide bonds. The van der Waals surface area contributed by atoms with Crippen LogP contribution in [0.4, 0.5) is 0 Å². The minimum atomic E-state index is -1.52. The average Bonchev–Trinajstić information content (AvgIpc) is 2.37. The number of amides is 1. The topological polar surface area (TPSA) is 130 Å². The first kappa shape index (κ1) is 16.2. The summed E-state index contributed by atoms with van der Waals surface area (Å²) < 4.78 is 4.78. The van der Waals surface area contributed by atoms with Crippen molar-refractivity contribution in [2.75, 3.05) is 0 Å². The molecule has 21 heavy (non-hydrogen) atoms. The Balaban J connectivity index is 2.76. The summed E-state index contributed by atoms with van der Waals surface area (Å²) in [5.41, 5.74) is 0.113. The highest BCUT2D eigenvalue weighted by molar-refractivity contribution is 5.97. The fourth-order valence-electron chi connectivity index (χ4n) is 1.46. The van der Waals surface area contributed by atoms with Crippen LogP contribution in [0.15, 0.2) is 24.3 Å². The molecule has 0 aliphatic rings. The van der Waals surface area contributed by atoms with Crippen molar-refractivity contribution in [2.45, 2.75) is 19.4 Å². The van der Waals surface area contributed by atoms with Crippen molar-refractivity contribution in [3.05, 3.63) is 29.8 Å². The highest BCUT2D eigenvalue weighted by Gasteiger charge is 2.23. The number of hydrogen-bond acceptors (Lipinski definition) is 5. The summed E-state index contributed by atoms with van der Waals surface area (Å²) >= 11 is 0. The second kappa shape index (κ2) is 7.04. The number of ether oxygens (including phenoxy) is 1. The van der Waals surface area contributed by atoms with Crippen LogP contribution in [-0.2, 0) is 14.4 Å². The van der Waals surface area contributed by atoms with Gasteiger partial charge in [0.15, 0.2) is 0 Å². The molecule has 1 rings (SSSR count). The molecular formula is C13H13NO7. The fraction of sp³-hybridized carbons (Fsp3) is 0.231. The summed E-state index contributed by atoms with van der Waals surface area (Å²) in [5.74, 6) is -3.80. The first-order chi connectivity index (χ1) is 9.79. The average molecular weight is 295 g/mol. The Kier molecular flexibility index (Phi) is 5.41. The van der Waals surface area contributed by atoms with Gasteiger partial charge in [-0.25, -0.2) is 4.79 Å². The Morgan fingerprint density at radius 2 is 1.71 bits per heavy atom. The van der Waals surface area contributed by atoms with Crippen LogP contribution in [0, 0.1) is 0 Å². The molecule has 112 valence electrons.